The molecule has 1 saturated heterocycles. The second-order valence-electron chi connectivity index (χ2n) is 3.52. The number of rotatable bonds is 1. The summed E-state index contributed by atoms with van der Waals surface area (Å²) in [7, 11) is 0. The molecule has 2 rings (SSSR count). The molecular weight excluding hydrogens is 244 g/mol. The average Bonchev–Trinajstić information content (AvgIpc) is 2.20. The lowest BCUT2D eigenvalue weighted by Crippen LogP contribution is -2.40. The normalized spacial score (nSPS) is 18.6. The summed E-state index contributed by atoms with van der Waals surface area (Å²) in [6, 6.07) is 0.354. The van der Waals surface area contributed by atoms with Crippen molar-refractivity contribution in [1.29, 1.82) is 0 Å². The Balaban J connectivity index is 2.12. The molecule has 1 aliphatic rings. The molecule has 2 N–H and O–H groups in total. The lowest BCUT2D eigenvalue weighted by atomic mass is 10.1. The molecule has 0 aromatic carbocycles. The first kappa shape index (κ1) is 9.86. The second-order valence-corrected chi connectivity index (χ2v) is 4.37. The fourth-order valence-electron chi connectivity index (χ4n) is 1.65. The summed E-state index contributed by atoms with van der Waals surface area (Å²) in [5, 5.41) is 0. The van der Waals surface area contributed by atoms with Gasteiger partial charge in [-0.2, -0.15) is 0 Å². The van der Waals surface area contributed by atoms with Crippen LogP contribution in [0.1, 0.15) is 12.8 Å². The summed E-state index contributed by atoms with van der Waals surface area (Å²) in [5.74, 6) is 0.979. The molecule has 76 valence electrons. The maximum Gasteiger partial charge on any atom is 0.146 e. The van der Waals surface area contributed by atoms with Crippen LogP contribution in [0, 0.1) is 0 Å². The van der Waals surface area contributed by atoms with Crippen molar-refractivity contribution >= 4 is 21.7 Å². The molecule has 0 radical (unpaired) electrons. The van der Waals surface area contributed by atoms with Crippen LogP contribution in [0.25, 0.3) is 0 Å². The SMILES string of the molecule is NC1CCN(c2ncncc2Br)CC1. The first-order valence-corrected chi connectivity index (χ1v) is 5.52. The van der Waals surface area contributed by atoms with Crippen LogP contribution in [0.3, 0.4) is 0 Å². The molecule has 0 atom stereocenters. The van der Waals surface area contributed by atoms with Gasteiger partial charge in [-0.1, -0.05) is 0 Å². The molecule has 0 aliphatic carbocycles. The Morgan fingerprint density at radius 1 is 1.43 bits per heavy atom. The molecule has 0 unspecified atom stereocenters. The van der Waals surface area contributed by atoms with Crippen molar-refractivity contribution in [3.05, 3.63) is 17.0 Å². The first-order valence-electron chi connectivity index (χ1n) is 4.73. The third kappa shape index (κ3) is 2.04. The van der Waals surface area contributed by atoms with E-state index < -0.39 is 0 Å². The maximum absolute atomic E-state index is 5.84. The van der Waals surface area contributed by atoms with Crippen molar-refractivity contribution in [3.8, 4) is 0 Å². The highest BCUT2D eigenvalue weighted by molar-refractivity contribution is 9.10. The van der Waals surface area contributed by atoms with Crippen molar-refractivity contribution in [1.82, 2.24) is 9.97 Å². The van der Waals surface area contributed by atoms with Gasteiger partial charge in [-0.25, -0.2) is 9.97 Å². The van der Waals surface area contributed by atoms with E-state index >= 15 is 0 Å². The lowest BCUT2D eigenvalue weighted by Gasteiger charge is -2.31. The van der Waals surface area contributed by atoms with Crippen LogP contribution in [0.5, 0.6) is 0 Å². The molecule has 0 bridgehead atoms. The predicted octanol–water partition coefficient (Wildman–Crippen LogP) is 1.17. The van der Waals surface area contributed by atoms with Gasteiger partial charge in [-0.3, -0.25) is 0 Å². The van der Waals surface area contributed by atoms with Gasteiger partial charge in [0.1, 0.15) is 12.1 Å². The number of halogens is 1. The highest BCUT2D eigenvalue weighted by atomic mass is 79.9. The van der Waals surface area contributed by atoms with E-state index in [9.17, 15) is 0 Å². The van der Waals surface area contributed by atoms with Gasteiger partial charge in [0.05, 0.1) is 4.47 Å². The van der Waals surface area contributed by atoms with Crippen LogP contribution in [-0.2, 0) is 0 Å². The van der Waals surface area contributed by atoms with Gasteiger partial charge in [0.2, 0.25) is 0 Å². The number of nitrogens with two attached hydrogens (primary N) is 1. The number of hydrogen-bond donors (Lipinski definition) is 1. The Morgan fingerprint density at radius 3 is 2.79 bits per heavy atom. The van der Waals surface area contributed by atoms with Crippen molar-refractivity contribution in [2.75, 3.05) is 18.0 Å². The summed E-state index contributed by atoms with van der Waals surface area (Å²) >= 11 is 3.45. The van der Waals surface area contributed by atoms with E-state index in [0.29, 0.717) is 6.04 Å². The van der Waals surface area contributed by atoms with Gasteiger partial charge in [0, 0.05) is 25.3 Å². The topological polar surface area (TPSA) is 55.0 Å². The van der Waals surface area contributed by atoms with E-state index in [-0.39, 0.29) is 0 Å². The van der Waals surface area contributed by atoms with E-state index in [2.05, 4.69) is 30.8 Å². The summed E-state index contributed by atoms with van der Waals surface area (Å²) < 4.78 is 0.954. The number of anilines is 1. The number of hydrogen-bond acceptors (Lipinski definition) is 4. The quantitative estimate of drug-likeness (QED) is 0.820. The minimum atomic E-state index is 0.354. The largest absolute Gasteiger partial charge is 0.355 e. The van der Waals surface area contributed by atoms with Gasteiger partial charge in [-0.15, -0.1) is 0 Å². The first-order chi connectivity index (χ1) is 6.77. The van der Waals surface area contributed by atoms with Crippen LogP contribution < -0.4 is 10.6 Å². The molecule has 1 aromatic heterocycles. The van der Waals surface area contributed by atoms with Gasteiger partial charge in [0.15, 0.2) is 0 Å². The minimum absolute atomic E-state index is 0.354. The Hall–Kier alpha value is -0.680. The van der Waals surface area contributed by atoms with Crippen molar-refractivity contribution in [3.63, 3.8) is 0 Å². The van der Waals surface area contributed by atoms with Gasteiger partial charge in [-0.05, 0) is 28.8 Å². The average molecular weight is 257 g/mol. The van der Waals surface area contributed by atoms with Crippen molar-refractivity contribution < 1.29 is 0 Å². The smallest absolute Gasteiger partial charge is 0.146 e. The molecule has 0 spiro atoms. The highest BCUT2D eigenvalue weighted by Gasteiger charge is 2.18. The monoisotopic (exact) mass is 256 g/mol. The summed E-state index contributed by atoms with van der Waals surface area (Å²) in [6.07, 6.45) is 5.43. The zero-order chi connectivity index (χ0) is 9.97. The zero-order valence-electron chi connectivity index (χ0n) is 7.86. The standard InChI is InChI=1S/C9H13BrN4/c10-8-5-12-6-13-9(8)14-3-1-7(11)2-4-14/h5-7H,1-4,11H2. The Bertz CT molecular complexity index is 309. The van der Waals surface area contributed by atoms with E-state index in [1.165, 1.54) is 0 Å². The Labute approximate surface area is 91.7 Å². The lowest BCUT2D eigenvalue weighted by molar-refractivity contribution is 0.498. The number of piperidine rings is 1. The molecule has 2 heterocycles. The van der Waals surface area contributed by atoms with Crippen LogP contribution >= 0.6 is 15.9 Å². The number of nitrogens with zero attached hydrogens (tertiary/aromatic N) is 3. The highest BCUT2D eigenvalue weighted by Crippen LogP contribution is 2.24. The van der Waals surface area contributed by atoms with E-state index in [1.54, 1.807) is 12.5 Å². The van der Waals surface area contributed by atoms with Crippen molar-refractivity contribution in [2.45, 2.75) is 18.9 Å². The maximum atomic E-state index is 5.84. The molecular formula is C9H13BrN4. The molecule has 0 saturated carbocycles. The van der Waals surface area contributed by atoms with Crippen molar-refractivity contribution in [2.24, 2.45) is 5.73 Å². The Kier molecular flexibility index (Phi) is 2.98. The second kappa shape index (κ2) is 4.23. The van der Waals surface area contributed by atoms with Crippen LogP contribution in [0.4, 0.5) is 5.82 Å². The predicted molar refractivity (Wildman–Crippen MR) is 59.2 cm³/mol. The summed E-state index contributed by atoms with van der Waals surface area (Å²) in [5.41, 5.74) is 5.84. The van der Waals surface area contributed by atoms with E-state index in [1.807, 2.05) is 0 Å². The number of aromatic nitrogens is 2. The molecule has 0 amide bonds. The van der Waals surface area contributed by atoms with Crippen LogP contribution in [0.15, 0.2) is 17.0 Å². The van der Waals surface area contributed by atoms with Gasteiger partial charge < -0.3 is 10.6 Å². The van der Waals surface area contributed by atoms with Crippen LogP contribution in [0.2, 0.25) is 0 Å². The van der Waals surface area contributed by atoms with Gasteiger partial charge >= 0.3 is 0 Å². The van der Waals surface area contributed by atoms with Gasteiger partial charge in [0.25, 0.3) is 0 Å². The zero-order valence-corrected chi connectivity index (χ0v) is 9.44. The molecule has 1 aliphatic heterocycles. The fraction of sp³-hybridized carbons (Fsp3) is 0.556. The van der Waals surface area contributed by atoms with Crippen LogP contribution in [-0.4, -0.2) is 29.1 Å². The molecule has 4 nitrogen and oxygen atoms in total. The third-order valence-electron chi connectivity index (χ3n) is 2.49. The molecule has 5 heteroatoms. The minimum Gasteiger partial charge on any atom is -0.355 e. The van der Waals surface area contributed by atoms with E-state index in [4.69, 9.17) is 5.73 Å². The Morgan fingerprint density at radius 2 is 2.14 bits per heavy atom. The third-order valence-corrected chi connectivity index (χ3v) is 3.05. The van der Waals surface area contributed by atoms with E-state index in [0.717, 1.165) is 36.2 Å². The molecule has 1 aromatic rings. The fourth-order valence-corrected chi connectivity index (χ4v) is 2.12. The molecule has 14 heavy (non-hydrogen) atoms. The molecule has 1 fully saturated rings. The summed E-state index contributed by atoms with van der Waals surface area (Å²) in [6.45, 7) is 1.97. The summed E-state index contributed by atoms with van der Waals surface area (Å²) in [4.78, 5) is 10.4.